The number of ether oxygens (including phenoxy) is 1. The molecular formula is C16H15N3O2. The molecule has 3 aromatic rings. The van der Waals surface area contributed by atoms with Crippen molar-refractivity contribution in [2.45, 2.75) is 19.6 Å². The van der Waals surface area contributed by atoms with Crippen molar-refractivity contribution in [3.8, 4) is 5.69 Å². The fourth-order valence-corrected chi connectivity index (χ4v) is 2.53. The summed E-state index contributed by atoms with van der Waals surface area (Å²) in [6.45, 7) is 3.52. The van der Waals surface area contributed by atoms with E-state index >= 15 is 0 Å². The Balaban J connectivity index is 1.78. The summed E-state index contributed by atoms with van der Waals surface area (Å²) in [6.07, 6.45) is 3.94. The molecule has 2 aromatic heterocycles. The Bertz CT molecular complexity index is 875. The highest BCUT2D eigenvalue weighted by atomic mass is 16.6. The van der Waals surface area contributed by atoms with E-state index in [1.807, 2.05) is 42.1 Å². The van der Waals surface area contributed by atoms with Crippen molar-refractivity contribution in [2.24, 2.45) is 0 Å². The number of aryl methyl sites for hydroxylation is 1. The smallest absolute Gasteiger partial charge is 0.255 e. The number of pyridine rings is 1. The highest BCUT2D eigenvalue weighted by Gasteiger charge is 2.23. The molecule has 1 aliphatic rings. The van der Waals surface area contributed by atoms with Crippen LogP contribution in [0.3, 0.4) is 0 Å². The highest BCUT2D eigenvalue weighted by Crippen LogP contribution is 2.20. The molecule has 106 valence electrons. The molecule has 1 fully saturated rings. The maximum Gasteiger partial charge on any atom is 0.255 e. The second-order valence-electron chi connectivity index (χ2n) is 5.44. The van der Waals surface area contributed by atoms with E-state index in [-0.39, 0.29) is 5.56 Å². The SMILES string of the molecule is Cc1ccn(-c2ccc3c(cnn3CC3CO3)c2)c(=O)c1. The molecule has 21 heavy (non-hydrogen) atoms. The Morgan fingerprint density at radius 3 is 2.95 bits per heavy atom. The zero-order valence-corrected chi connectivity index (χ0v) is 11.7. The van der Waals surface area contributed by atoms with Gasteiger partial charge in [0.1, 0.15) is 6.10 Å². The van der Waals surface area contributed by atoms with Crippen molar-refractivity contribution in [3.05, 3.63) is 58.6 Å². The van der Waals surface area contributed by atoms with Gasteiger partial charge in [-0.25, -0.2) is 0 Å². The quantitative estimate of drug-likeness (QED) is 0.689. The minimum absolute atomic E-state index is 0.0203. The molecule has 0 N–H and O–H groups in total. The maximum absolute atomic E-state index is 12.1. The molecule has 0 radical (unpaired) electrons. The molecule has 1 aliphatic heterocycles. The Labute approximate surface area is 121 Å². The van der Waals surface area contributed by atoms with Gasteiger partial charge in [0.25, 0.3) is 5.56 Å². The minimum Gasteiger partial charge on any atom is -0.371 e. The summed E-state index contributed by atoms with van der Waals surface area (Å²) in [7, 11) is 0. The molecule has 0 saturated carbocycles. The predicted molar refractivity (Wildman–Crippen MR) is 79.8 cm³/mol. The maximum atomic E-state index is 12.1. The van der Waals surface area contributed by atoms with Gasteiger partial charge in [-0.15, -0.1) is 0 Å². The first-order valence-corrected chi connectivity index (χ1v) is 6.97. The van der Waals surface area contributed by atoms with Gasteiger partial charge in [-0.2, -0.15) is 5.10 Å². The summed E-state index contributed by atoms with van der Waals surface area (Å²) in [6, 6.07) is 9.51. The molecule has 0 aliphatic carbocycles. The fourth-order valence-electron chi connectivity index (χ4n) is 2.53. The first-order valence-electron chi connectivity index (χ1n) is 6.97. The first kappa shape index (κ1) is 12.3. The summed E-state index contributed by atoms with van der Waals surface area (Å²) in [5.41, 5.74) is 2.87. The number of hydrogen-bond acceptors (Lipinski definition) is 3. The Morgan fingerprint density at radius 2 is 2.19 bits per heavy atom. The lowest BCUT2D eigenvalue weighted by atomic mass is 10.2. The summed E-state index contributed by atoms with van der Waals surface area (Å²) >= 11 is 0. The van der Waals surface area contributed by atoms with E-state index < -0.39 is 0 Å². The van der Waals surface area contributed by atoms with Crippen LogP contribution >= 0.6 is 0 Å². The topological polar surface area (TPSA) is 52.4 Å². The van der Waals surface area contributed by atoms with Crippen LogP contribution in [-0.2, 0) is 11.3 Å². The summed E-state index contributed by atoms with van der Waals surface area (Å²) in [5, 5.41) is 5.42. The van der Waals surface area contributed by atoms with Crippen LogP contribution in [0.25, 0.3) is 16.6 Å². The lowest BCUT2D eigenvalue weighted by molar-refractivity contribution is 0.376. The van der Waals surface area contributed by atoms with Crippen LogP contribution in [0.4, 0.5) is 0 Å². The van der Waals surface area contributed by atoms with Gasteiger partial charge in [0.05, 0.1) is 24.9 Å². The van der Waals surface area contributed by atoms with Crippen molar-refractivity contribution < 1.29 is 4.74 Å². The molecule has 3 heterocycles. The number of aromatic nitrogens is 3. The van der Waals surface area contributed by atoms with Crippen LogP contribution in [-0.4, -0.2) is 27.1 Å². The molecule has 1 atom stereocenters. The van der Waals surface area contributed by atoms with Gasteiger partial charge in [-0.3, -0.25) is 14.0 Å². The summed E-state index contributed by atoms with van der Waals surface area (Å²) in [4.78, 5) is 12.1. The molecule has 5 heteroatoms. The molecule has 1 saturated heterocycles. The second-order valence-corrected chi connectivity index (χ2v) is 5.44. The molecule has 0 bridgehead atoms. The number of hydrogen-bond donors (Lipinski definition) is 0. The average Bonchev–Trinajstić information content (AvgIpc) is 3.19. The van der Waals surface area contributed by atoms with Gasteiger partial charge >= 0.3 is 0 Å². The monoisotopic (exact) mass is 281 g/mol. The Morgan fingerprint density at radius 1 is 1.33 bits per heavy atom. The molecule has 0 amide bonds. The highest BCUT2D eigenvalue weighted by molar-refractivity contribution is 5.80. The normalized spacial score (nSPS) is 17.3. The third-order valence-corrected chi connectivity index (χ3v) is 3.76. The van der Waals surface area contributed by atoms with E-state index in [9.17, 15) is 4.79 Å². The van der Waals surface area contributed by atoms with E-state index in [4.69, 9.17) is 4.74 Å². The zero-order valence-electron chi connectivity index (χ0n) is 11.7. The summed E-state index contributed by atoms with van der Waals surface area (Å²) in [5.74, 6) is 0. The average molecular weight is 281 g/mol. The minimum atomic E-state index is -0.0203. The second kappa shape index (κ2) is 4.56. The van der Waals surface area contributed by atoms with Gasteiger partial charge in [0, 0.05) is 23.3 Å². The van der Waals surface area contributed by atoms with Gasteiger partial charge < -0.3 is 4.74 Å². The Hall–Kier alpha value is -2.40. The van der Waals surface area contributed by atoms with E-state index in [0.29, 0.717) is 6.10 Å². The van der Waals surface area contributed by atoms with E-state index in [0.717, 1.165) is 35.3 Å². The van der Waals surface area contributed by atoms with Gasteiger partial charge in [0.15, 0.2) is 0 Å². The fraction of sp³-hybridized carbons (Fsp3) is 0.250. The number of fused-ring (bicyclic) bond motifs is 1. The first-order chi connectivity index (χ1) is 10.2. The van der Waals surface area contributed by atoms with Crippen molar-refractivity contribution in [3.63, 3.8) is 0 Å². The third kappa shape index (κ3) is 2.25. The Kier molecular flexibility index (Phi) is 2.68. The van der Waals surface area contributed by atoms with E-state index in [1.54, 1.807) is 16.8 Å². The van der Waals surface area contributed by atoms with Crippen LogP contribution in [0.5, 0.6) is 0 Å². The van der Waals surface area contributed by atoms with Crippen LogP contribution in [0.15, 0.2) is 47.5 Å². The molecule has 0 spiro atoms. The summed E-state index contributed by atoms with van der Waals surface area (Å²) < 4.78 is 8.84. The van der Waals surface area contributed by atoms with Crippen LogP contribution in [0, 0.1) is 6.92 Å². The molecule has 1 unspecified atom stereocenters. The lowest BCUT2D eigenvalue weighted by Crippen LogP contribution is -2.16. The van der Waals surface area contributed by atoms with Crippen LogP contribution in [0.2, 0.25) is 0 Å². The largest absolute Gasteiger partial charge is 0.371 e. The van der Waals surface area contributed by atoms with Gasteiger partial charge in [-0.1, -0.05) is 0 Å². The van der Waals surface area contributed by atoms with Crippen molar-refractivity contribution in [2.75, 3.05) is 6.61 Å². The zero-order chi connectivity index (χ0) is 14.4. The molecule has 5 nitrogen and oxygen atoms in total. The van der Waals surface area contributed by atoms with Crippen LogP contribution in [0.1, 0.15) is 5.56 Å². The number of benzene rings is 1. The molecular weight excluding hydrogens is 266 g/mol. The predicted octanol–water partition coefficient (Wildman–Crippen LogP) is 1.89. The number of nitrogens with zero attached hydrogens (tertiary/aromatic N) is 3. The van der Waals surface area contributed by atoms with Crippen LogP contribution < -0.4 is 5.56 Å². The van der Waals surface area contributed by atoms with Crippen molar-refractivity contribution >= 4 is 10.9 Å². The number of rotatable bonds is 3. The van der Waals surface area contributed by atoms with Gasteiger partial charge in [0.2, 0.25) is 0 Å². The third-order valence-electron chi connectivity index (χ3n) is 3.76. The van der Waals surface area contributed by atoms with Crippen molar-refractivity contribution in [1.29, 1.82) is 0 Å². The van der Waals surface area contributed by atoms with Crippen molar-refractivity contribution in [1.82, 2.24) is 14.3 Å². The molecule has 1 aromatic carbocycles. The van der Waals surface area contributed by atoms with E-state index in [1.165, 1.54) is 0 Å². The number of epoxide rings is 1. The lowest BCUT2D eigenvalue weighted by Gasteiger charge is -2.06. The molecule has 4 rings (SSSR count). The van der Waals surface area contributed by atoms with Gasteiger partial charge in [-0.05, 0) is 36.8 Å². The standard InChI is InChI=1S/C16H15N3O2/c1-11-4-5-18(16(20)6-11)13-2-3-15-12(7-13)8-17-19(15)9-14-10-21-14/h2-8,14H,9-10H2,1H3. The van der Waals surface area contributed by atoms with E-state index in [2.05, 4.69) is 5.10 Å².